The van der Waals surface area contributed by atoms with E-state index in [-0.39, 0.29) is 42.6 Å². The predicted octanol–water partition coefficient (Wildman–Crippen LogP) is 3.47. The van der Waals surface area contributed by atoms with Crippen LogP contribution in [0.25, 0.3) is 10.4 Å². The van der Waals surface area contributed by atoms with Crippen LogP contribution in [0.1, 0.15) is 22.8 Å². The minimum Gasteiger partial charge on any atom is -0.462 e. The van der Waals surface area contributed by atoms with E-state index in [0.717, 1.165) is 10.4 Å². The lowest BCUT2D eigenvalue weighted by molar-refractivity contribution is -0.117. The number of sulfonamides is 1. The van der Waals surface area contributed by atoms with E-state index >= 15 is 0 Å². The third-order valence-electron chi connectivity index (χ3n) is 5.63. The molecule has 4 rings (SSSR count). The summed E-state index contributed by atoms with van der Waals surface area (Å²) >= 11 is 2.76. The number of nitrogens with zero attached hydrogens (tertiary/aromatic N) is 3. The lowest BCUT2D eigenvalue weighted by Gasteiger charge is -2.33. The molecule has 9 nitrogen and oxygen atoms in total. The zero-order chi connectivity index (χ0) is 25.7. The molecule has 188 valence electrons. The Bertz CT molecular complexity index is 1390. The quantitative estimate of drug-likeness (QED) is 0.431. The Morgan fingerprint density at radius 1 is 1.11 bits per heavy atom. The number of carbonyl (C=O) groups excluding carboxylic acids is 2. The van der Waals surface area contributed by atoms with E-state index in [1.807, 2.05) is 33.9 Å². The molecule has 3 aromatic rings. The maximum absolute atomic E-state index is 13.0. The number of ether oxygens (including phenoxy) is 1. The van der Waals surface area contributed by atoms with Gasteiger partial charge in [-0.2, -0.15) is 9.57 Å². The van der Waals surface area contributed by atoms with Crippen LogP contribution >= 0.6 is 22.7 Å². The van der Waals surface area contributed by atoms with E-state index in [1.54, 1.807) is 19.1 Å². The summed E-state index contributed by atoms with van der Waals surface area (Å²) in [5, 5.41) is 16.3. The summed E-state index contributed by atoms with van der Waals surface area (Å²) in [4.78, 5) is 28.2. The predicted molar refractivity (Wildman–Crippen MR) is 139 cm³/mol. The van der Waals surface area contributed by atoms with Gasteiger partial charge in [0.2, 0.25) is 15.9 Å². The van der Waals surface area contributed by atoms with Gasteiger partial charge in [-0.1, -0.05) is 18.2 Å². The third-order valence-corrected chi connectivity index (χ3v) is 9.39. The van der Waals surface area contributed by atoms with Crippen molar-refractivity contribution < 1.29 is 22.7 Å². The van der Waals surface area contributed by atoms with Crippen molar-refractivity contribution in [1.82, 2.24) is 9.21 Å². The average molecular weight is 545 g/mol. The average Bonchev–Trinajstić information content (AvgIpc) is 3.54. The first-order chi connectivity index (χ1) is 17.3. The number of anilines is 1. The standard InChI is InChI=1S/C24H24N4O5S3/c1-2-33-24(30)22-18(19-7-5-13-34-19)16-35-23(22)26-21(29)15-27-9-11-28(12-10-27)36(31,32)20-8-4-3-6-17(20)14-25/h3-8,13,16H,2,9-12,15H2,1H3,(H,26,29). The highest BCUT2D eigenvalue weighted by molar-refractivity contribution is 7.89. The van der Waals surface area contributed by atoms with Gasteiger partial charge < -0.3 is 10.1 Å². The number of hydrogen-bond donors (Lipinski definition) is 1. The van der Waals surface area contributed by atoms with Crippen LogP contribution in [0.15, 0.2) is 52.1 Å². The molecule has 3 heterocycles. The molecule has 0 radical (unpaired) electrons. The molecule has 1 aromatic carbocycles. The second-order valence-electron chi connectivity index (χ2n) is 7.89. The van der Waals surface area contributed by atoms with Crippen molar-refractivity contribution in [3.8, 4) is 16.5 Å². The number of esters is 1. The number of rotatable bonds is 8. The van der Waals surface area contributed by atoms with Gasteiger partial charge in [-0.25, -0.2) is 13.2 Å². The molecular weight excluding hydrogens is 520 g/mol. The second kappa shape index (κ2) is 11.3. The number of amides is 1. The fourth-order valence-electron chi connectivity index (χ4n) is 3.89. The molecule has 36 heavy (non-hydrogen) atoms. The zero-order valence-electron chi connectivity index (χ0n) is 19.5. The van der Waals surface area contributed by atoms with Crippen LogP contribution in [0.5, 0.6) is 0 Å². The molecule has 1 aliphatic rings. The van der Waals surface area contributed by atoms with Gasteiger partial charge in [-0.3, -0.25) is 9.69 Å². The molecule has 1 N–H and O–H groups in total. The molecule has 0 atom stereocenters. The first kappa shape index (κ1) is 26.0. The van der Waals surface area contributed by atoms with Crippen LogP contribution in [0.3, 0.4) is 0 Å². The highest BCUT2D eigenvalue weighted by Crippen LogP contribution is 2.38. The first-order valence-electron chi connectivity index (χ1n) is 11.2. The molecule has 2 aromatic heterocycles. The van der Waals surface area contributed by atoms with E-state index in [4.69, 9.17) is 4.74 Å². The Morgan fingerprint density at radius 3 is 2.53 bits per heavy atom. The van der Waals surface area contributed by atoms with Crippen LogP contribution in [0.4, 0.5) is 5.00 Å². The molecule has 0 spiro atoms. The van der Waals surface area contributed by atoms with Crippen molar-refractivity contribution in [3.63, 3.8) is 0 Å². The van der Waals surface area contributed by atoms with Crippen molar-refractivity contribution in [2.75, 3.05) is 44.6 Å². The molecule has 1 fully saturated rings. The Hall–Kier alpha value is -3.08. The monoisotopic (exact) mass is 544 g/mol. The van der Waals surface area contributed by atoms with Gasteiger partial charge in [0, 0.05) is 42.0 Å². The van der Waals surface area contributed by atoms with E-state index < -0.39 is 16.0 Å². The largest absolute Gasteiger partial charge is 0.462 e. The fraction of sp³-hybridized carbons (Fsp3) is 0.292. The molecule has 0 unspecified atom stereocenters. The lowest BCUT2D eigenvalue weighted by atomic mass is 10.1. The summed E-state index contributed by atoms with van der Waals surface area (Å²) in [7, 11) is -3.81. The number of thiophene rings is 2. The summed E-state index contributed by atoms with van der Waals surface area (Å²) < 4.78 is 32.6. The molecule has 1 saturated heterocycles. The number of nitrogens with one attached hydrogen (secondary N) is 1. The Kier molecular flexibility index (Phi) is 8.17. The normalized spacial score (nSPS) is 14.8. The molecule has 12 heteroatoms. The zero-order valence-corrected chi connectivity index (χ0v) is 21.9. The van der Waals surface area contributed by atoms with Gasteiger partial charge in [0.05, 0.1) is 23.6 Å². The summed E-state index contributed by atoms with van der Waals surface area (Å²) in [6, 6.07) is 11.9. The Labute approximate surface area is 217 Å². The minimum atomic E-state index is -3.81. The maximum atomic E-state index is 13.0. The van der Waals surface area contributed by atoms with Gasteiger partial charge in [0.25, 0.3) is 0 Å². The number of nitriles is 1. The number of piperazine rings is 1. The summed E-state index contributed by atoms with van der Waals surface area (Å²) in [5.74, 6) is -0.791. The highest BCUT2D eigenvalue weighted by atomic mass is 32.2. The molecule has 1 amide bonds. The first-order valence-corrected chi connectivity index (χ1v) is 14.4. The van der Waals surface area contributed by atoms with E-state index in [1.165, 1.54) is 39.1 Å². The van der Waals surface area contributed by atoms with Gasteiger partial charge in [0.1, 0.15) is 16.6 Å². The second-order valence-corrected chi connectivity index (χ2v) is 11.6. The van der Waals surface area contributed by atoms with Crippen LogP contribution in [-0.4, -0.2) is 68.8 Å². The van der Waals surface area contributed by atoms with E-state index in [9.17, 15) is 23.3 Å². The van der Waals surface area contributed by atoms with Crippen molar-refractivity contribution in [2.45, 2.75) is 11.8 Å². The van der Waals surface area contributed by atoms with E-state index in [0.29, 0.717) is 23.7 Å². The highest BCUT2D eigenvalue weighted by Gasteiger charge is 2.31. The molecule has 0 aliphatic carbocycles. The summed E-state index contributed by atoms with van der Waals surface area (Å²) in [6.07, 6.45) is 0. The van der Waals surface area contributed by atoms with Crippen molar-refractivity contribution in [1.29, 1.82) is 5.26 Å². The van der Waals surface area contributed by atoms with Gasteiger partial charge in [-0.05, 0) is 30.5 Å². The number of carbonyl (C=O) groups is 2. The number of benzene rings is 1. The third kappa shape index (κ3) is 5.50. The van der Waals surface area contributed by atoms with Crippen LogP contribution < -0.4 is 5.32 Å². The van der Waals surface area contributed by atoms with Gasteiger partial charge in [0.15, 0.2) is 0 Å². The van der Waals surface area contributed by atoms with Crippen molar-refractivity contribution in [3.05, 3.63) is 58.3 Å². The lowest BCUT2D eigenvalue weighted by Crippen LogP contribution is -2.50. The molecule has 0 bridgehead atoms. The fourth-order valence-corrected chi connectivity index (χ4v) is 7.24. The maximum Gasteiger partial charge on any atom is 0.341 e. The molecule has 1 aliphatic heterocycles. The van der Waals surface area contributed by atoms with Crippen LogP contribution in [0, 0.1) is 11.3 Å². The number of hydrogen-bond acceptors (Lipinski definition) is 9. The van der Waals surface area contributed by atoms with Crippen molar-refractivity contribution in [2.24, 2.45) is 0 Å². The van der Waals surface area contributed by atoms with E-state index in [2.05, 4.69) is 5.32 Å². The molecular formula is C24H24N4O5S3. The minimum absolute atomic E-state index is 0.00979. The summed E-state index contributed by atoms with van der Waals surface area (Å²) in [5.41, 5.74) is 1.17. The topological polar surface area (TPSA) is 120 Å². The van der Waals surface area contributed by atoms with Crippen molar-refractivity contribution >= 4 is 49.6 Å². The van der Waals surface area contributed by atoms with Gasteiger partial charge >= 0.3 is 5.97 Å². The molecule has 0 saturated carbocycles. The van der Waals surface area contributed by atoms with Crippen LogP contribution in [-0.2, 0) is 19.6 Å². The van der Waals surface area contributed by atoms with Crippen LogP contribution in [0.2, 0.25) is 0 Å². The van der Waals surface area contributed by atoms with Gasteiger partial charge in [-0.15, -0.1) is 22.7 Å². The smallest absolute Gasteiger partial charge is 0.341 e. The SMILES string of the molecule is CCOC(=O)c1c(-c2cccs2)csc1NC(=O)CN1CCN(S(=O)(=O)c2ccccc2C#N)CC1. The Morgan fingerprint density at radius 2 is 1.86 bits per heavy atom. The summed E-state index contributed by atoms with van der Waals surface area (Å²) in [6.45, 7) is 3.12. The Balaban J connectivity index is 1.40.